The van der Waals surface area contributed by atoms with Crippen LogP contribution in [0.25, 0.3) is 0 Å². The third kappa shape index (κ3) is 2.21. The minimum absolute atomic E-state index is 0.0461. The van der Waals surface area contributed by atoms with Crippen molar-refractivity contribution in [2.24, 2.45) is 33.9 Å². The second-order valence-electron chi connectivity index (χ2n) is 9.95. The van der Waals surface area contributed by atoms with E-state index in [2.05, 4.69) is 17.2 Å². The molecule has 0 aromatic rings. The minimum atomic E-state index is -1.71. The summed E-state index contributed by atoms with van der Waals surface area (Å²) in [5, 5.41) is 42.7. The van der Waals surface area contributed by atoms with Gasteiger partial charge in [0.2, 0.25) is 0 Å². The number of rotatable bonds is 1. The maximum Gasteiger partial charge on any atom is 0.190 e. The van der Waals surface area contributed by atoms with E-state index in [0.717, 1.165) is 0 Å². The highest BCUT2D eigenvalue weighted by Crippen LogP contribution is 2.62. The van der Waals surface area contributed by atoms with Gasteiger partial charge in [-0.15, -0.1) is 0 Å². The van der Waals surface area contributed by atoms with E-state index in [9.17, 15) is 20.1 Å². The zero-order valence-electron chi connectivity index (χ0n) is 16.7. The number of nitrogens with zero attached hydrogens (tertiary/aromatic N) is 2. The molecule has 1 fully saturated rings. The molecule has 3 N–H and O–H groups in total. The number of aliphatic hydroxyl groups is 3. The highest BCUT2D eigenvalue weighted by Gasteiger charge is 2.70. The first-order chi connectivity index (χ1) is 12.4. The van der Waals surface area contributed by atoms with E-state index in [1.807, 2.05) is 26.8 Å². The first-order valence-electron chi connectivity index (χ1n) is 9.82. The molecule has 4 rings (SSSR count). The van der Waals surface area contributed by atoms with Gasteiger partial charge in [-0.05, 0) is 51.2 Å². The van der Waals surface area contributed by atoms with E-state index in [1.165, 1.54) is 0 Å². The molecule has 0 saturated heterocycles. The maximum absolute atomic E-state index is 12.8. The lowest BCUT2D eigenvalue weighted by atomic mass is 9.50. The van der Waals surface area contributed by atoms with Gasteiger partial charge in [0.15, 0.2) is 5.78 Å². The van der Waals surface area contributed by atoms with E-state index in [1.54, 1.807) is 13.0 Å². The number of azo groups is 1. The Morgan fingerprint density at radius 2 is 1.85 bits per heavy atom. The average Bonchev–Trinajstić information content (AvgIpc) is 2.91. The Morgan fingerprint density at radius 3 is 2.48 bits per heavy atom. The molecule has 1 heterocycles. The SMILES string of the molecule is CC1=CC2[C@@]3(O)[C@H](C)C[C@@]4(C)N=NC(C)(C)[C@H]4[C@@H]3C=C(CO)C[C@]2(O)C1=O. The monoisotopic (exact) mass is 374 g/mol. The largest absolute Gasteiger partial charge is 0.392 e. The molecule has 0 radical (unpaired) electrons. The van der Waals surface area contributed by atoms with Gasteiger partial charge in [-0.1, -0.05) is 19.1 Å². The van der Waals surface area contributed by atoms with Crippen LogP contribution in [0.1, 0.15) is 47.5 Å². The summed E-state index contributed by atoms with van der Waals surface area (Å²) in [5.74, 6) is -1.70. The van der Waals surface area contributed by atoms with Crippen molar-refractivity contribution in [3.63, 3.8) is 0 Å². The number of aliphatic hydroxyl groups excluding tert-OH is 1. The zero-order valence-corrected chi connectivity index (χ0v) is 16.7. The third-order valence-corrected chi connectivity index (χ3v) is 7.66. The van der Waals surface area contributed by atoms with Crippen LogP contribution >= 0.6 is 0 Å². The van der Waals surface area contributed by atoms with Crippen molar-refractivity contribution in [2.45, 2.75) is 69.7 Å². The molecule has 27 heavy (non-hydrogen) atoms. The van der Waals surface area contributed by atoms with Crippen molar-refractivity contribution in [2.75, 3.05) is 6.61 Å². The molecule has 4 aliphatic rings. The second kappa shape index (κ2) is 5.37. The third-order valence-electron chi connectivity index (χ3n) is 7.66. The summed E-state index contributed by atoms with van der Waals surface area (Å²) < 4.78 is 0. The highest BCUT2D eigenvalue weighted by atomic mass is 16.3. The fourth-order valence-corrected chi connectivity index (χ4v) is 6.67. The van der Waals surface area contributed by atoms with Crippen LogP contribution in [0, 0.1) is 23.7 Å². The number of ketones is 1. The van der Waals surface area contributed by atoms with Gasteiger partial charge >= 0.3 is 0 Å². The van der Waals surface area contributed by atoms with E-state index in [4.69, 9.17) is 0 Å². The number of fused-ring (bicyclic) bond motifs is 5. The molecule has 6 nitrogen and oxygen atoms in total. The van der Waals surface area contributed by atoms with Gasteiger partial charge in [0.25, 0.3) is 0 Å². The van der Waals surface area contributed by atoms with Gasteiger partial charge in [-0.2, -0.15) is 10.2 Å². The molecule has 1 unspecified atom stereocenters. The smallest absolute Gasteiger partial charge is 0.190 e. The Labute approximate surface area is 160 Å². The van der Waals surface area contributed by atoms with E-state index in [0.29, 0.717) is 17.6 Å². The second-order valence-corrected chi connectivity index (χ2v) is 9.95. The molecular weight excluding hydrogens is 344 g/mol. The first kappa shape index (κ1) is 19.0. The Morgan fingerprint density at radius 1 is 1.19 bits per heavy atom. The first-order valence-corrected chi connectivity index (χ1v) is 9.82. The molecule has 1 aliphatic heterocycles. The molecule has 0 bridgehead atoms. The van der Waals surface area contributed by atoms with Crippen LogP contribution in [-0.2, 0) is 4.79 Å². The molecule has 148 valence electrons. The molecule has 0 spiro atoms. The van der Waals surface area contributed by atoms with E-state index in [-0.39, 0.29) is 36.6 Å². The summed E-state index contributed by atoms with van der Waals surface area (Å²) in [6, 6.07) is 0. The summed E-state index contributed by atoms with van der Waals surface area (Å²) in [4.78, 5) is 12.8. The van der Waals surface area contributed by atoms with Crippen LogP contribution < -0.4 is 0 Å². The average molecular weight is 374 g/mol. The summed E-state index contributed by atoms with van der Waals surface area (Å²) in [5.41, 5.74) is -2.83. The number of hydrogen-bond donors (Lipinski definition) is 3. The highest BCUT2D eigenvalue weighted by molar-refractivity contribution is 6.04. The van der Waals surface area contributed by atoms with Crippen LogP contribution in [0.4, 0.5) is 0 Å². The van der Waals surface area contributed by atoms with Crippen molar-refractivity contribution >= 4 is 5.78 Å². The van der Waals surface area contributed by atoms with E-state index < -0.39 is 28.2 Å². The lowest BCUT2D eigenvalue weighted by Gasteiger charge is -2.57. The topological polar surface area (TPSA) is 102 Å². The predicted octanol–water partition coefficient (Wildman–Crippen LogP) is 2.19. The Bertz CT molecular complexity index is 800. The standard InChI is InChI=1S/C21H30N2O4/c1-11-6-15-20(26,17(11)25)9-13(10-24)7-14-16-18(3,4)22-23-19(16,5)8-12(2)21(14,15)27/h6-7,12,14-16,24,26-27H,8-10H2,1-5H3/t12-,14+,15?,16-,19-,20-,21-/m1/s1. The van der Waals surface area contributed by atoms with Crippen molar-refractivity contribution in [3.05, 3.63) is 23.3 Å². The van der Waals surface area contributed by atoms with Crippen molar-refractivity contribution < 1.29 is 20.1 Å². The summed E-state index contributed by atoms with van der Waals surface area (Å²) >= 11 is 0. The van der Waals surface area contributed by atoms with Crippen molar-refractivity contribution in [1.82, 2.24) is 0 Å². The molecule has 1 saturated carbocycles. The Balaban J connectivity index is 1.96. The molecule has 6 heteroatoms. The quantitative estimate of drug-likeness (QED) is 0.612. The molecular formula is C21H30N2O4. The van der Waals surface area contributed by atoms with Gasteiger partial charge in [0.1, 0.15) is 5.60 Å². The number of Topliss-reactive ketones (excluding diaryl/α,β-unsaturated/α-hetero) is 1. The zero-order chi connectivity index (χ0) is 20.0. The van der Waals surface area contributed by atoms with Gasteiger partial charge in [0.05, 0.1) is 23.3 Å². The van der Waals surface area contributed by atoms with Crippen LogP contribution in [0.3, 0.4) is 0 Å². The lowest BCUT2D eigenvalue weighted by Crippen LogP contribution is -2.66. The molecule has 0 aromatic carbocycles. The number of hydrogen-bond acceptors (Lipinski definition) is 6. The van der Waals surface area contributed by atoms with Crippen LogP contribution in [0.5, 0.6) is 0 Å². The fourth-order valence-electron chi connectivity index (χ4n) is 6.67. The molecule has 0 aromatic heterocycles. The predicted molar refractivity (Wildman–Crippen MR) is 100 cm³/mol. The Hall–Kier alpha value is -1.37. The van der Waals surface area contributed by atoms with Gasteiger partial charge in [-0.3, -0.25) is 4.79 Å². The molecule has 0 amide bonds. The summed E-state index contributed by atoms with van der Waals surface area (Å²) in [7, 11) is 0. The maximum atomic E-state index is 12.8. The minimum Gasteiger partial charge on any atom is -0.392 e. The summed E-state index contributed by atoms with van der Waals surface area (Å²) in [6.07, 6.45) is 4.33. The molecule has 3 aliphatic carbocycles. The van der Waals surface area contributed by atoms with Crippen LogP contribution in [0.15, 0.2) is 33.5 Å². The van der Waals surface area contributed by atoms with Gasteiger partial charge in [0, 0.05) is 24.2 Å². The van der Waals surface area contributed by atoms with E-state index >= 15 is 0 Å². The van der Waals surface area contributed by atoms with Crippen molar-refractivity contribution in [1.29, 1.82) is 0 Å². The molecule has 7 atom stereocenters. The number of carbonyl (C=O) groups excluding carboxylic acids is 1. The van der Waals surface area contributed by atoms with Crippen LogP contribution in [-0.4, -0.2) is 50.0 Å². The van der Waals surface area contributed by atoms with Gasteiger partial charge < -0.3 is 15.3 Å². The Kier molecular flexibility index (Phi) is 3.77. The normalized spacial score (nSPS) is 50.4. The lowest BCUT2D eigenvalue weighted by molar-refractivity contribution is -0.185. The van der Waals surface area contributed by atoms with Crippen molar-refractivity contribution in [3.8, 4) is 0 Å². The fraction of sp³-hybridized carbons (Fsp3) is 0.762. The van der Waals surface area contributed by atoms with Crippen LogP contribution in [0.2, 0.25) is 0 Å². The summed E-state index contributed by atoms with van der Waals surface area (Å²) in [6.45, 7) is 9.54. The number of carbonyl (C=O) groups is 1. The van der Waals surface area contributed by atoms with Gasteiger partial charge in [-0.25, -0.2) is 0 Å².